The summed E-state index contributed by atoms with van der Waals surface area (Å²) in [7, 11) is 1.56. The average molecular weight is 719 g/mol. The van der Waals surface area contributed by atoms with Crippen LogP contribution >= 0.6 is 0 Å². The first-order valence-electron chi connectivity index (χ1n) is 17.7. The molecule has 0 unspecified atom stereocenters. The first-order chi connectivity index (χ1) is 25.9. The lowest BCUT2D eigenvalue weighted by atomic mass is 10.1. The molecule has 4 rings (SSSR count). The van der Waals surface area contributed by atoms with Gasteiger partial charge in [0.25, 0.3) is 11.8 Å². The number of rotatable bonds is 22. The summed E-state index contributed by atoms with van der Waals surface area (Å²) >= 11 is 0. The third kappa shape index (κ3) is 14.0. The van der Waals surface area contributed by atoms with Gasteiger partial charge in [0.1, 0.15) is 24.6 Å². The Labute approximate surface area is 310 Å². The fourth-order valence-electron chi connectivity index (χ4n) is 5.24. The topological polar surface area (TPSA) is 156 Å². The van der Waals surface area contributed by atoms with Crippen molar-refractivity contribution in [3.63, 3.8) is 0 Å². The van der Waals surface area contributed by atoms with Crippen LogP contribution in [0.15, 0.2) is 107 Å². The first-order valence-corrected chi connectivity index (χ1v) is 17.7. The molecule has 0 fully saturated rings. The predicted molar refractivity (Wildman–Crippen MR) is 205 cm³/mol. The number of amides is 2. The molecule has 4 aromatic carbocycles. The third-order valence-electron chi connectivity index (χ3n) is 8.30. The molecule has 0 aliphatic heterocycles. The Balaban J connectivity index is 0.989. The van der Waals surface area contributed by atoms with Crippen molar-refractivity contribution in [2.75, 3.05) is 33.4 Å². The van der Waals surface area contributed by atoms with Crippen LogP contribution in [-0.2, 0) is 0 Å². The molecule has 276 valence electrons. The van der Waals surface area contributed by atoms with Gasteiger partial charge in [-0.2, -0.15) is 0 Å². The zero-order valence-corrected chi connectivity index (χ0v) is 30.0. The van der Waals surface area contributed by atoms with E-state index in [1.165, 1.54) is 43.5 Å². The van der Waals surface area contributed by atoms with Crippen LogP contribution in [0.3, 0.4) is 0 Å². The number of carbonyl (C=O) groups is 4. The van der Waals surface area contributed by atoms with Crippen LogP contribution in [0.2, 0.25) is 0 Å². The van der Waals surface area contributed by atoms with Crippen molar-refractivity contribution in [3.8, 4) is 11.5 Å². The molecule has 0 atom stereocenters. The SMILES string of the molecule is CNC(=O)c1ccc(C(=O)CN=Cc2ccc(OCCCCCCCCCOc3ccc(C=NCC(=O)c4ccc(C(=O)NO)cc4)cc3)cc2)cc1. The fourth-order valence-corrected chi connectivity index (χ4v) is 5.24. The molecule has 2 amide bonds. The van der Waals surface area contributed by atoms with Crippen LogP contribution in [0, 0.1) is 0 Å². The van der Waals surface area contributed by atoms with Gasteiger partial charge in [-0.3, -0.25) is 34.4 Å². The molecular formula is C42H46N4O7. The van der Waals surface area contributed by atoms with E-state index in [2.05, 4.69) is 15.3 Å². The van der Waals surface area contributed by atoms with E-state index in [0.29, 0.717) is 29.9 Å². The Morgan fingerprint density at radius 3 is 1.26 bits per heavy atom. The van der Waals surface area contributed by atoms with Gasteiger partial charge in [-0.25, -0.2) is 5.48 Å². The number of ketones is 2. The van der Waals surface area contributed by atoms with Gasteiger partial charge in [0, 0.05) is 41.7 Å². The minimum atomic E-state index is -0.635. The van der Waals surface area contributed by atoms with Gasteiger partial charge in [-0.15, -0.1) is 0 Å². The van der Waals surface area contributed by atoms with E-state index in [1.54, 1.807) is 49.2 Å². The predicted octanol–water partition coefficient (Wildman–Crippen LogP) is 6.96. The summed E-state index contributed by atoms with van der Waals surface area (Å²) in [6, 6.07) is 27.8. The van der Waals surface area contributed by atoms with Crippen molar-refractivity contribution in [1.29, 1.82) is 0 Å². The first kappa shape index (κ1) is 39.8. The zero-order valence-electron chi connectivity index (χ0n) is 30.0. The molecule has 0 radical (unpaired) electrons. The van der Waals surface area contributed by atoms with Gasteiger partial charge in [-0.05, 0) is 96.8 Å². The number of benzene rings is 4. The minimum Gasteiger partial charge on any atom is -0.494 e. The highest BCUT2D eigenvalue weighted by molar-refractivity contribution is 6.01. The largest absolute Gasteiger partial charge is 0.494 e. The van der Waals surface area contributed by atoms with E-state index < -0.39 is 5.91 Å². The second-order valence-corrected chi connectivity index (χ2v) is 12.3. The maximum Gasteiger partial charge on any atom is 0.274 e. The molecule has 0 heterocycles. The number of Topliss-reactive ketones (excluding diaryl/α,β-unsaturated/α-hetero) is 2. The molecule has 0 aromatic heterocycles. The van der Waals surface area contributed by atoms with E-state index >= 15 is 0 Å². The lowest BCUT2D eigenvalue weighted by molar-refractivity contribution is 0.0706. The Morgan fingerprint density at radius 1 is 0.528 bits per heavy atom. The van der Waals surface area contributed by atoms with Crippen molar-refractivity contribution in [2.24, 2.45) is 9.98 Å². The molecular weight excluding hydrogens is 672 g/mol. The van der Waals surface area contributed by atoms with Crippen LogP contribution in [0.25, 0.3) is 0 Å². The number of nitrogens with one attached hydrogen (secondary N) is 2. The monoisotopic (exact) mass is 718 g/mol. The number of ether oxygens (including phenoxy) is 2. The summed E-state index contributed by atoms with van der Waals surface area (Å²) in [6.45, 7) is 1.34. The molecule has 0 saturated heterocycles. The van der Waals surface area contributed by atoms with Gasteiger partial charge < -0.3 is 14.8 Å². The molecule has 11 nitrogen and oxygen atoms in total. The molecule has 0 aliphatic carbocycles. The zero-order chi connectivity index (χ0) is 37.7. The average Bonchev–Trinajstić information content (AvgIpc) is 3.20. The molecule has 0 spiro atoms. The van der Waals surface area contributed by atoms with E-state index in [9.17, 15) is 19.2 Å². The number of hydrogen-bond donors (Lipinski definition) is 3. The quantitative estimate of drug-likeness (QED) is 0.0261. The Kier molecular flexibility index (Phi) is 16.6. The molecule has 0 bridgehead atoms. The lowest BCUT2D eigenvalue weighted by Crippen LogP contribution is -2.18. The van der Waals surface area contributed by atoms with E-state index in [0.717, 1.165) is 48.3 Å². The van der Waals surface area contributed by atoms with Gasteiger partial charge in [0.05, 0.1) is 13.2 Å². The van der Waals surface area contributed by atoms with Crippen molar-refractivity contribution in [2.45, 2.75) is 44.9 Å². The van der Waals surface area contributed by atoms with Crippen molar-refractivity contribution in [3.05, 3.63) is 130 Å². The Bertz CT molecular complexity index is 1680. The fraction of sp³-hybridized carbons (Fsp3) is 0.286. The standard InChI is InChI=1S/C42H46N4O7/c1-43-41(49)35-17-13-33(14-18-35)39(47)29-44-27-31-9-21-37(22-10-31)52-25-7-5-3-2-4-6-8-26-53-38-23-11-32(12-24-38)28-45-30-40(48)34-15-19-36(20-16-34)42(50)46-51/h9-24,27-28,51H,2-8,25-26,29-30H2,1H3,(H,43,49)(H,46,50). The number of unbranched alkanes of at least 4 members (excludes halogenated alkanes) is 6. The number of aliphatic imine (C=N–C) groups is 2. The Hall–Kier alpha value is -5.94. The van der Waals surface area contributed by atoms with Crippen molar-refractivity contribution < 1.29 is 33.9 Å². The summed E-state index contributed by atoms with van der Waals surface area (Å²) < 4.78 is 11.8. The van der Waals surface area contributed by atoms with Crippen LogP contribution in [0.5, 0.6) is 11.5 Å². The summed E-state index contributed by atoms with van der Waals surface area (Å²) in [5.74, 6) is 0.485. The van der Waals surface area contributed by atoms with Gasteiger partial charge in [-0.1, -0.05) is 56.4 Å². The number of hydrogen-bond acceptors (Lipinski definition) is 9. The van der Waals surface area contributed by atoms with Crippen LogP contribution in [-0.4, -0.2) is 74.4 Å². The van der Waals surface area contributed by atoms with Crippen molar-refractivity contribution in [1.82, 2.24) is 10.8 Å². The minimum absolute atomic E-state index is 0.0153. The highest BCUT2D eigenvalue weighted by atomic mass is 16.5. The molecule has 53 heavy (non-hydrogen) atoms. The van der Waals surface area contributed by atoms with Crippen LogP contribution in [0.4, 0.5) is 0 Å². The summed E-state index contributed by atoms with van der Waals surface area (Å²) in [5.41, 5.74) is 5.02. The second-order valence-electron chi connectivity index (χ2n) is 12.3. The molecule has 4 aromatic rings. The number of carbonyl (C=O) groups excluding carboxylic acids is 4. The maximum absolute atomic E-state index is 12.4. The van der Waals surface area contributed by atoms with Gasteiger partial charge in [0.15, 0.2) is 11.6 Å². The third-order valence-corrected chi connectivity index (χ3v) is 8.30. The number of nitrogens with zero attached hydrogens (tertiary/aromatic N) is 2. The van der Waals surface area contributed by atoms with Crippen LogP contribution < -0.4 is 20.3 Å². The van der Waals surface area contributed by atoms with Gasteiger partial charge >= 0.3 is 0 Å². The lowest BCUT2D eigenvalue weighted by Gasteiger charge is -2.07. The summed E-state index contributed by atoms with van der Waals surface area (Å²) in [4.78, 5) is 56.3. The van der Waals surface area contributed by atoms with Crippen molar-refractivity contribution >= 4 is 35.8 Å². The molecule has 0 saturated carbocycles. The molecule has 11 heteroatoms. The number of hydroxylamine groups is 1. The maximum atomic E-state index is 12.4. The normalized spacial score (nSPS) is 11.1. The van der Waals surface area contributed by atoms with E-state index in [1.807, 2.05) is 48.5 Å². The highest BCUT2D eigenvalue weighted by Gasteiger charge is 2.09. The molecule has 3 N–H and O–H groups in total. The second kappa shape index (κ2) is 22.1. The van der Waals surface area contributed by atoms with E-state index in [-0.39, 0.29) is 36.1 Å². The Morgan fingerprint density at radius 2 is 0.887 bits per heavy atom. The smallest absolute Gasteiger partial charge is 0.274 e. The summed E-state index contributed by atoms with van der Waals surface area (Å²) in [5, 5.41) is 11.2. The highest BCUT2D eigenvalue weighted by Crippen LogP contribution is 2.15. The summed E-state index contributed by atoms with van der Waals surface area (Å²) in [6.07, 6.45) is 11.0. The molecule has 0 aliphatic rings. The van der Waals surface area contributed by atoms with E-state index in [4.69, 9.17) is 14.7 Å². The van der Waals surface area contributed by atoms with Crippen LogP contribution in [0.1, 0.15) is 97.5 Å². The van der Waals surface area contributed by atoms with Gasteiger partial charge in [0.2, 0.25) is 0 Å².